The zero-order chi connectivity index (χ0) is 17.2. The highest BCUT2D eigenvalue weighted by atomic mass is 16.5. The smallest absolute Gasteiger partial charge is 0.332 e. The van der Waals surface area contributed by atoms with Gasteiger partial charge in [0.05, 0.1) is 7.11 Å². The molecule has 0 aliphatic rings. The van der Waals surface area contributed by atoms with E-state index in [0.717, 1.165) is 0 Å². The zero-order valence-corrected chi connectivity index (χ0v) is 13.2. The highest BCUT2D eigenvalue weighted by molar-refractivity contribution is 5.99. The van der Waals surface area contributed by atoms with Crippen molar-refractivity contribution in [2.24, 2.45) is 0 Å². The Morgan fingerprint density at radius 3 is 1.87 bits per heavy atom. The van der Waals surface area contributed by atoms with Gasteiger partial charge in [-0.05, 0) is 12.5 Å². The number of rotatable bonds is 4. The van der Waals surface area contributed by atoms with Gasteiger partial charge in [-0.1, -0.05) is 67.2 Å². The molecule has 0 heterocycles. The first kappa shape index (κ1) is 18.3. The monoisotopic (exact) mass is 312 g/mol. The van der Waals surface area contributed by atoms with E-state index in [0.29, 0.717) is 16.7 Å². The van der Waals surface area contributed by atoms with Gasteiger partial charge in [0, 0.05) is 11.1 Å². The van der Waals surface area contributed by atoms with Crippen LogP contribution < -0.4 is 0 Å². The van der Waals surface area contributed by atoms with Gasteiger partial charge in [0.25, 0.3) is 0 Å². The third kappa shape index (κ3) is 5.88. The van der Waals surface area contributed by atoms with Crippen molar-refractivity contribution in [3.05, 3.63) is 83.9 Å². The van der Waals surface area contributed by atoms with Crippen LogP contribution in [0, 0.1) is 0 Å². The number of Topliss-reactive ketones (excluding diaryl/α,β-unsaturated/α-hetero) is 1. The summed E-state index contributed by atoms with van der Waals surface area (Å²) in [6.07, 6.45) is -1.08. The zero-order valence-electron chi connectivity index (χ0n) is 13.2. The first-order valence-corrected chi connectivity index (χ1v) is 7.03. The molecule has 2 rings (SSSR count). The lowest BCUT2D eigenvalue weighted by molar-refractivity contribution is -0.136. The maximum atomic E-state index is 11.9. The van der Waals surface area contributed by atoms with Crippen LogP contribution in [0.25, 0.3) is 0 Å². The molecular formula is C19H20O4. The topological polar surface area (TPSA) is 63.6 Å². The van der Waals surface area contributed by atoms with Crippen molar-refractivity contribution in [2.75, 3.05) is 7.11 Å². The standard InChI is InChI=1S/C14H12O2.C5H8O2/c15-13(11-7-3-1-4-8-11)14(16)12-9-5-2-6-10-12;1-4(2)5(6)7-3/h1-10,13,15H;1H2,2-3H3. The molecule has 0 saturated carbocycles. The second kappa shape index (κ2) is 9.33. The molecule has 0 fully saturated rings. The molecular weight excluding hydrogens is 292 g/mol. The number of ether oxygens (including phenoxy) is 1. The van der Waals surface area contributed by atoms with Gasteiger partial charge in [-0.3, -0.25) is 4.79 Å². The van der Waals surface area contributed by atoms with Crippen molar-refractivity contribution in [1.29, 1.82) is 0 Å². The minimum absolute atomic E-state index is 0.271. The van der Waals surface area contributed by atoms with Crippen LogP contribution in [0.15, 0.2) is 72.8 Å². The summed E-state index contributed by atoms with van der Waals surface area (Å²) in [4.78, 5) is 22.1. The molecule has 0 aliphatic heterocycles. The largest absolute Gasteiger partial charge is 0.466 e. The Labute approximate surface area is 136 Å². The third-order valence-electron chi connectivity index (χ3n) is 2.96. The summed E-state index contributed by atoms with van der Waals surface area (Å²) in [6.45, 7) is 4.95. The van der Waals surface area contributed by atoms with Gasteiger partial charge in [0.2, 0.25) is 0 Å². The maximum Gasteiger partial charge on any atom is 0.332 e. The van der Waals surface area contributed by atoms with Crippen molar-refractivity contribution in [3.63, 3.8) is 0 Å². The average molecular weight is 312 g/mol. The van der Waals surface area contributed by atoms with Gasteiger partial charge in [-0.25, -0.2) is 4.79 Å². The molecule has 2 aromatic rings. The number of aliphatic hydroxyl groups is 1. The lowest BCUT2D eigenvalue weighted by Crippen LogP contribution is -2.11. The third-order valence-corrected chi connectivity index (χ3v) is 2.96. The molecule has 1 unspecified atom stereocenters. The lowest BCUT2D eigenvalue weighted by atomic mass is 10.0. The Bertz CT molecular complexity index is 648. The predicted molar refractivity (Wildman–Crippen MR) is 89.0 cm³/mol. The van der Waals surface area contributed by atoms with Crippen molar-refractivity contribution >= 4 is 11.8 Å². The SMILES string of the molecule is C=C(C)C(=O)OC.O=C(c1ccccc1)C(O)c1ccccc1. The highest BCUT2D eigenvalue weighted by Crippen LogP contribution is 2.17. The Morgan fingerprint density at radius 2 is 1.48 bits per heavy atom. The van der Waals surface area contributed by atoms with Crippen LogP contribution >= 0.6 is 0 Å². The minimum atomic E-state index is -1.08. The van der Waals surface area contributed by atoms with E-state index in [1.165, 1.54) is 7.11 Å². The van der Waals surface area contributed by atoms with Crippen LogP contribution in [0.5, 0.6) is 0 Å². The number of hydrogen-bond acceptors (Lipinski definition) is 4. The fourth-order valence-corrected chi connectivity index (χ4v) is 1.72. The van der Waals surface area contributed by atoms with E-state index >= 15 is 0 Å². The Hall–Kier alpha value is -2.72. The highest BCUT2D eigenvalue weighted by Gasteiger charge is 2.18. The molecule has 1 atom stereocenters. The number of hydrogen-bond donors (Lipinski definition) is 1. The van der Waals surface area contributed by atoms with E-state index in [1.807, 2.05) is 12.1 Å². The molecule has 120 valence electrons. The van der Waals surface area contributed by atoms with Gasteiger partial charge >= 0.3 is 5.97 Å². The average Bonchev–Trinajstić information content (AvgIpc) is 2.61. The fourth-order valence-electron chi connectivity index (χ4n) is 1.72. The van der Waals surface area contributed by atoms with Crippen LogP contribution in [0.4, 0.5) is 0 Å². The summed E-state index contributed by atoms with van der Waals surface area (Å²) >= 11 is 0. The van der Waals surface area contributed by atoms with Gasteiger partial charge in [-0.2, -0.15) is 0 Å². The van der Waals surface area contributed by atoms with E-state index < -0.39 is 6.10 Å². The molecule has 0 saturated heterocycles. The predicted octanol–water partition coefficient (Wildman–Crippen LogP) is 3.34. The van der Waals surface area contributed by atoms with E-state index in [9.17, 15) is 14.7 Å². The van der Waals surface area contributed by atoms with Gasteiger partial charge < -0.3 is 9.84 Å². The number of ketones is 1. The van der Waals surface area contributed by atoms with Crippen molar-refractivity contribution in [1.82, 2.24) is 0 Å². The quantitative estimate of drug-likeness (QED) is 0.534. The number of carbonyl (C=O) groups is 2. The second-order valence-electron chi connectivity index (χ2n) is 4.82. The molecule has 4 heteroatoms. The summed E-state index contributed by atoms with van der Waals surface area (Å²) in [5.41, 5.74) is 1.58. The molecule has 1 N–H and O–H groups in total. The Balaban J connectivity index is 0.000000322. The summed E-state index contributed by atoms with van der Waals surface area (Å²) in [5, 5.41) is 9.89. The van der Waals surface area contributed by atoms with Crippen LogP contribution in [-0.4, -0.2) is 24.0 Å². The van der Waals surface area contributed by atoms with Gasteiger partial charge in [0.1, 0.15) is 6.10 Å². The summed E-state index contributed by atoms with van der Waals surface area (Å²) in [7, 11) is 1.33. The van der Waals surface area contributed by atoms with E-state index in [1.54, 1.807) is 55.5 Å². The number of benzene rings is 2. The van der Waals surface area contributed by atoms with Crippen molar-refractivity contribution in [2.45, 2.75) is 13.0 Å². The van der Waals surface area contributed by atoms with E-state index in [2.05, 4.69) is 11.3 Å². The number of esters is 1. The first-order valence-electron chi connectivity index (χ1n) is 7.03. The Morgan fingerprint density at radius 1 is 1.00 bits per heavy atom. The molecule has 4 nitrogen and oxygen atoms in total. The number of carbonyl (C=O) groups excluding carboxylic acids is 2. The molecule has 0 radical (unpaired) electrons. The fraction of sp³-hybridized carbons (Fsp3) is 0.158. The van der Waals surface area contributed by atoms with E-state index in [4.69, 9.17) is 0 Å². The molecule has 0 aromatic heterocycles. The minimum Gasteiger partial charge on any atom is -0.466 e. The molecule has 23 heavy (non-hydrogen) atoms. The van der Waals surface area contributed by atoms with E-state index in [-0.39, 0.29) is 11.8 Å². The van der Waals surface area contributed by atoms with Crippen molar-refractivity contribution in [3.8, 4) is 0 Å². The number of methoxy groups -OCH3 is 1. The molecule has 2 aromatic carbocycles. The Kier molecular flexibility index (Phi) is 7.43. The molecule has 0 aliphatic carbocycles. The van der Waals surface area contributed by atoms with Gasteiger partial charge in [0.15, 0.2) is 5.78 Å². The van der Waals surface area contributed by atoms with Crippen LogP contribution in [-0.2, 0) is 9.53 Å². The lowest BCUT2D eigenvalue weighted by Gasteiger charge is -2.09. The van der Waals surface area contributed by atoms with Gasteiger partial charge in [-0.15, -0.1) is 0 Å². The molecule has 0 amide bonds. The van der Waals surface area contributed by atoms with Crippen LogP contribution in [0.3, 0.4) is 0 Å². The first-order chi connectivity index (χ1) is 11.0. The van der Waals surface area contributed by atoms with Crippen LogP contribution in [0.1, 0.15) is 28.9 Å². The molecule has 0 spiro atoms. The molecule has 0 bridgehead atoms. The summed E-state index contributed by atoms with van der Waals surface area (Å²) < 4.78 is 4.27. The maximum absolute atomic E-state index is 11.9. The summed E-state index contributed by atoms with van der Waals surface area (Å²) in [5.74, 6) is -0.619. The number of aliphatic hydroxyl groups excluding tert-OH is 1. The van der Waals surface area contributed by atoms with Crippen LogP contribution in [0.2, 0.25) is 0 Å². The summed E-state index contributed by atoms with van der Waals surface area (Å²) in [6, 6.07) is 17.7. The normalized spacial score (nSPS) is 10.7. The second-order valence-corrected chi connectivity index (χ2v) is 4.82. The van der Waals surface area contributed by atoms with Crippen molar-refractivity contribution < 1.29 is 19.4 Å².